The minimum absolute atomic E-state index is 0. The van der Waals surface area contributed by atoms with Gasteiger partial charge in [0.1, 0.15) is 0 Å². The summed E-state index contributed by atoms with van der Waals surface area (Å²) in [6.07, 6.45) is 5.71. The third-order valence-electron chi connectivity index (χ3n) is 3.80. The summed E-state index contributed by atoms with van der Waals surface area (Å²) in [6.45, 7) is 6.67. The summed E-state index contributed by atoms with van der Waals surface area (Å²) in [5.74, 6) is 1.17. The van der Waals surface area contributed by atoms with Crippen molar-refractivity contribution in [2.24, 2.45) is 10.9 Å². The van der Waals surface area contributed by atoms with E-state index >= 15 is 0 Å². The van der Waals surface area contributed by atoms with Crippen LogP contribution in [0.2, 0.25) is 0 Å². The lowest BCUT2D eigenvalue weighted by Crippen LogP contribution is -2.44. The van der Waals surface area contributed by atoms with Gasteiger partial charge >= 0.3 is 0 Å². The van der Waals surface area contributed by atoms with Crippen molar-refractivity contribution in [1.29, 1.82) is 0 Å². The van der Waals surface area contributed by atoms with E-state index < -0.39 is 0 Å². The van der Waals surface area contributed by atoms with Crippen LogP contribution in [0.4, 0.5) is 0 Å². The lowest BCUT2D eigenvalue weighted by Gasteiger charge is -2.20. The SMILES string of the molecule is CCNC(=NCCNC(=O)C1CCCCC1)NC(C)COC.I. The van der Waals surface area contributed by atoms with Crippen molar-refractivity contribution in [3.05, 3.63) is 0 Å². The molecule has 0 aliphatic heterocycles. The van der Waals surface area contributed by atoms with Crippen LogP contribution in [0.5, 0.6) is 0 Å². The van der Waals surface area contributed by atoms with Gasteiger partial charge in [-0.25, -0.2) is 0 Å². The van der Waals surface area contributed by atoms with Crippen LogP contribution < -0.4 is 16.0 Å². The highest BCUT2D eigenvalue weighted by Gasteiger charge is 2.20. The Hall–Kier alpha value is -0.570. The molecule has 0 saturated heterocycles. The van der Waals surface area contributed by atoms with Crippen molar-refractivity contribution in [2.75, 3.05) is 33.4 Å². The summed E-state index contributed by atoms with van der Waals surface area (Å²) in [5, 5.41) is 9.47. The molecule has 0 heterocycles. The number of halogens is 1. The van der Waals surface area contributed by atoms with Crippen molar-refractivity contribution in [1.82, 2.24) is 16.0 Å². The third kappa shape index (κ3) is 10.0. The van der Waals surface area contributed by atoms with E-state index in [2.05, 4.69) is 20.9 Å². The summed E-state index contributed by atoms with van der Waals surface area (Å²) in [5.41, 5.74) is 0. The van der Waals surface area contributed by atoms with E-state index in [1.165, 1.54) is 19.3 Å². The number of ether oxygens (including phenoxy) is 1. The molecule has 23 heavy (non-hydrogen) atoms. The number of carbonyl (C=O) groups is 1. The molecule has 1 unspecified atom stereocenters. The third-order valence-corrected chi connectivity index (χ3v) is 3.80. The average molecular weight is 440 g/mol. The largest absolute Gasteiger partial charge is 0.383 e. The maximum Gasteiger partial charge on any atom is 0.223 e. The Labute approximate surface area is 157 Å². The highest BCUT2D eigenvalue weighted by molar-refractivity contribution is 14.0. The molecule has 1 fully saturated rings. The average Bonchev–Trinajstić information content (AvgIpc) is 2.52. The van der Waals surface area contributed by atoms with E-state index in [1.54, 1.807) is 7.11 Å². The smallest absolute Gasteiger partial charge is 0.223 e. The van der Waals surface area contributed by atoms with Crippen LogP contribution in [-0.2, 0) is 9.53 Å². The van der Waals surface area contributed by atoms with Crippen LogP contribution in [0.25, 0.3) is 0 Å². The van der Waals surface area contributed by atoms with Gasteiger partial charge in [0, 0.05) is 32.2 Å². The highest BCUT2D eigenvalue weighted by atomic mass is 127. The van der Waals surface area contributed by atoms with Gasteiger partial charge in [0.15, 0.2) is 5.96 Å². The number of nitrogens with one attached hydrogen (secondary N) is 3. The Kier molecular flexibility index (Phi) is 13.5. The van der Waals surface area contributed by atoms with Gasteiger partial charge in [-0.15, -0.1) is 24.0 Å². The number of hydrogen-bond acceptors (Lipinski definition) is 3. The van der Waals surface area contributed by atoms with Gasteiger partial charge in [0.25, 0.3) is 0 Å². The Balaban J connectivity index is 0.00000484. The molecule has 6 nitrogen and oxygen atoms in total. The highest BCUT2D eigenvalue weighted by Crippen LogP contribution is 2.23. The van der Waals surface area contributed by atoms with Gasteiger partial charge in [-0.05, 0) is 26.7 Å². The maximum atomic E-state index is 12.0. The van der Waals surface area contributed by atoms with Crippen molar-refractivity contribution >= 4 is 35.8 Å². The standard InChI is InChI=1S/C16H32N4O2.HI/c1-4-17-16(20-13(2)12-22-3)19-11-10-18-15(21)14-8-6-5-7-9-14;/h13-14H,4-12H2,1-3H3,(H,18,21)(H2,17,19,20);1H. The number of carbonyl (C=O) groups excluding carboxylic acids is 1. The van der Waals surface area contributed by atoms with Crippen LogP contribution in [0.3, 0.4) is 0 Å². The van der Waals surface area contributed by atoms with Crippen LogP contribution in [-0.4, -0.2) is 51.3 Å². The molecule has 1 aliphatic rings. The number of hydrogen-bond donors (Lipinski definition) is 3. The molecular formula is C16H33IN4O2. The molecule has 0 aromatic rings. The first-order valence-corrected chi connectivity index (χ1v) is 8.48. The minimum atomic E-state index is 0. The van der Waals surface area contributed by atoms with E-state index in [1.807, 2.05) is 13.8 Å². The van der Waals surface area contributed by atoms with Crippen LogP contribution in [0, 0.1) is 5.92 Å². The first-order valence-electron chi connectivity index (χ1n) is 8.48. The van der Waals surface area contributed by atoms with E-state index in [0.717, 1.165) is 25.3 Å². The fourth-order valence-electron chi connectivity index (χ4n) is 2.70. The Morgan fingerprint density at radius 3 is 2.57 bits per heavy atom. The number of aliphatic imine (C=N–C) groups is 1. The fourth-order valence-corrected chi connectivity index (χ4v) is 2.70. The second-order valence-electron chi connectivity index (χ2n) is 5.89. The molecular weight excluding hydrogens is 407 g/mol. The van der Waals surface area contributed by atoms with Crippen LogP contribution in [0.15, 0.2) is 4.99 Å². The van der Waals surface area contributed by atoms with Gasteiger partial charge in [0.2, 0.25) is 5.91 Å². The molecule has 7 heteroatoms. The minimum Gasteiger partial charge on any atom is -0.383 e. The Bertz CT molecular complexity index is 347. The lowest BCUT2D eigenvalue weighted by atomic mass is 9.89. The summed E-state index contributed by atoms with van der Waals surface area (Å²) >= 11 is 0. The summed E-state index contributed by atoms with van der Waals surface area (Å²) in [4.78, 5) is 16.5. The quantitative estimate of drug-likeness (QED) is 0.233. The van der Waals surface area contributed by atoms with Gasteiger partial charge in [-0.2, -0.15) is 0 Å². The molecule has 0 aromatic heterocycles. The van der Waals surface area contributed by atoms with E-state index in [9.17, 15) is 4.79 Å². The molecule has 0 aromatic carbocycles. The maximum absolute atomic E-state index is 12.0. The van der Waals surface area contributed by atoms with Crippen molar-refractivity contribution < 1.29 is 9.53 Å². The summed E-state index contributed by atoms with van der Waals surface area (Å²) in [6, 6.07) is 0.194. The Morgan fingerprint density at radius 1 is 1.26 bits per heavy atom. The molecule has 0 spiro atoms. The second kappa shape index (κ2) is 13.8. The molecule has 1 amide bonds. The zero-order valence-electron chi connectivity index (χ0n) is 14.7. The number of methoxy groups -OCH3 is 1. The zero-order chi connectivity index (χ0) is 16.2. The molecule has 1 saturated carbocycles. The number of rotatable bonds is 8. The first kappa shape index (κ1) is 22.4. The van der Waals surface area contributed by atoms with E-state index in [-0.39, 0.29) is 41.8 Å². The van der Waals surface area contributed by atoms with Crippen molar-refractivity contribution in [3.8, 4) is 0 Å². The molecule has 1 atom stereocenters. The molecule has 136 valence electrons. The van der Waals surface area contributed by atoms with E-state index in [4.69, 9.17) is 4.74 Å². The fraction of sp³-hybridized carbons (Fsp3) is 0.875. The van der Waals surface area contributed by atoms with Crippen molar-refractivity contribution in [2.45, 2.75) is 52.0 Å². The van der Waals surface area contributed by atoms with Gasteiger partial charge in [0.05, 0.1) is 13.2 Å². The number of nitrogens with zero attached hydrogens (tertiary/aromatic N) is 1. The summed E-state index contributed by atoms with van der Waals surface area (Å²) in [7, 11) is 1.68. The van der Waals surface area contributed by atoms with Gasteiger partial charge in [-0.3, -0.25) is 9.79 Å². The predicted molar refractivity (Wildman–Crippen MR) is 105 cm³/mol. The Morgan fingerprint density at radius 2 is 1.96 bits per heavy atom. The van der Waals surface area contributed by atoms with E-state index in [0.29, 0.717) is 19.7 Å². The topological polar surface area (TPSA) is 74.8 Å². The zero-order valence-corrected chi connectivity index (χ0v) is 17.0. The number of guanidine groups is 1. The van der Waals surface area contributed by atoms with Crippen LogP contribution >= 0.6 is 24.0 Å². The van der Waals surface area contributed by atoms with Gasteiger partial charge < -0.3 is 20.7 Å². The molecule has 1 rings (SSSR count). The van der Waals surface area contributed by atoms with Gasteiger partial charge in [-0.1, -0.05) is 19.3 Å². The monoisotopic (exact) mass is 440 g/mol. The second-order valence-corrected chi connectivity index (χ2v) is 5.89. The predicted octanol–water partition coefficient (Wildman–Crippen LogP) is 1.89. The normalized spacial score (nSPS) is 17.1. The molecule has 0 radical (unpaired) electrons. The molecule has 3 N–H and O–H groups in total. The van der Waals surface area contributed by atoms with Crippen molar-refractivity contribution in [3.63, 3.8) is 0 Å². The lowest BCUT2D eigenvalue weighted by molar-refractivity contribution is -0.125. The number of amides is 1. The first-order chi connectivity index (χ1) is 10.7. The summed E-state index contributed by atoms with van der Waals surface area (Å²) < 4.78 is 5.10. The van der Waals surface area contributed by atoms with Crippen LogP contribution in [0.1, 0.15) is 46.0 Å². The molecule has 1 aliphatic carbocycles. The molecule has 0 bridgehead atoms.